The summed E-state index contributed by atoms with van der Waals surface area (Å²) in [6, 6.07) is 0. The summed E-state index contributed by atoms with van der Waals surface area (Å²) < 4.78 is 0. The van der Waals surface area contributed by atoms with Gasteiger partial charge in [0.1, 0.15) is 11.4 Å². The molecule has 4 heteroatoms. The van der Waals surface area contributed by atoms with Crippen LogP contribution < -0.4 is 10.6 Å². The Kier molecular flexibility index (Phi) is 2.28. The fourth-order valence-corrected chi connectivity index (χ4v) is 1.04. The minimum Gasteiger partial charge on any atom is -0.346 e. The van der Waals surface area contributed by atoms with Gasteiger partial charge in [-0.1, -0.05) is 0 Å². The molecule has 0 amide bonds. The predicted molar refractivity (Wildman–Crippen MR) is 43.8 cm³/mol. The lowest BCUT2D eigenvalue weighted by atomic mass is 10.1. The molecular formula is C8H10N2O2. The Balaban J connectivity index is 2.99. The van der Waals surface area contributed by atoms with E-state index in [4.69, 9.17) is 0 Å². The number of hydrogen-bond acceptors (Lipinski definition) is 4. The van der Waals surface area contributed by atoms with E-state index in [0.29, 0.717) is 5.82 Å². The molecule has 0 radical (unpaired) electrons. The van der Waals surface area contributed by atoms with Crippen LogP contribution in [0.5, 0.6) is 0 Å². The van der Waals surface area contributed by atoms with Gasteiger partial charge in [-0.2, -0.15) is 0 Å². The van der Waals surface area contributed by atoms with Crippen LogP contribution in [0.15, 0.2) is 23.8 Å². The van der Waals surface area contributed by atoms with Gasteiger partial charge in [-0.15, -0.1) is 0 Å². The maximum Gasteiger partial charge on any atom is 0.167 e. The van der Waals surface area contributed by atoms with Crippen LogP contribution in [-0.4, -0.2) is 11.6 Å². The molecule has 0 unspecified atom stereocenters. The highest BCUT2D eigenvalue weighted by Crippen LogP contribution is 2.05. The smallest absolute Gasteiger partial charge is 0.167 e. The van der Waals surface area contributed by atoms with Gasteiger partial charge in [-0.3, -0.25) is 9.59 Å². The zero-order valence-electron chi connectivity index (χ0n) is 6.97. The zero-order valence-corrected chi connectivity index (χ0v) is 6.97. The van der Waals surface area contributed by atoms with Crippen LogP contribution in [0.4, 0.5) is 0 Å². The maximum absolute atomic E-state index is 11.0. The summed E-state index contributed by atoms with van der Waals surface area (Å²) in [7, 11) is 0. The molecule has 1 heterocycles. The van der Waals surface area contributed by atoms with Crippen LogP contribution in [0.2, 0.25) is 0 Å². The second kappa shape index (κ2) is 3.21. The third-order valence-corrected chi connectivity index (χ3v) is 1.49. The van der Waals surface area contributed by atoms with Crippen molar-refractivity contribution >= 4 is 11.6 Å². The van der Waals surface area contributed by atoms with E-state index in [-0.39, 0.29) is 17.1 Å². The average molecular weight is 166 g/mol. The number of carbonyl (C=O) groups excluding carboxylic acids is 2. The summed E-state index contributed by atoms with van der Waals surface area (Å²) in [6.07, 6.45) is 3.25. The summed E-state index contributed by atoms with van der Waals surface area (Å²) in [5.41, 5.74) is 0.181. The minimum atomic E-state index is -0.235. The fourth-order valence-electron chi connectivity index (χ4n) is 1.04. The number of rotatable bonds is 2. The first-order valence-corrected chi connectivity index (χ1v) is 3.57. The van der Waals surface area contributed by atoms with E-state index in [1.807, 2.05) is 0 Å². The van der Waals surface area contributed by atoms with Crippen molar-refractivity contribution in [1.82, 2.24) is 10.6 Å². The monoisotopic (exact) mass is 166 g/mol. The lowest BCUT2D eigenvalue weighted by Crippen LogP contribution is -2.20. The highest BCUT2D eigenvalue weighted by atomic mass is 16.1. The fraction of sp³-hybridized carbons (Fsp3) is 0.250. The second-order valence-corrected chi connectivity index (χ2v) is 2.48. The summed E-state index contributed by atoms with van der Waals surface area (Å²) >= 11 is 0. The molecule has 1 rings (SSSR count). The molecule has 0 bridgehead atoms. The normalized spacial score (nSPS) is 13.7. The number of nitrogens with one attached hydrogen (secondary N) is 2. The average Bonchev–Trinajstić information content (AvgIpc) is 2.37. The molecule has 0 fully saturated rings. The lowest BCUT2D eigenvalue weighted by molar-refractivity contribution is -0.119. The Morgan fingerprint density at radius 1 is 1.08 bits per heavy atom. The van der Waals surface area contributed by atoms with Crippen LogP contribution in [0, 0.1) is 0 Å². The van der Waals surface area contributed by atoms with Crippen molar-refractivity contribution in [2.75, 3.05) is 0 Å². The van der Waals surface area contributed by atoms with Crippen molar-refractivity contribution in [2.45, 2.75) is 13.8 Å². The first-order valence-electron chi connectivity index (χ1n) is 3.57. The Morgan fingerprint density at radius 3 is 1.83 bits per heavy atom. The van der Waals surface area contributed by atoms with Crippen molar-refractivity contribution in [2.24, 2.45) is 0 Å². The third-order valence-electron chi connectivity index (χ3n) is 1.49. The van der Waals surface area contributed by atoms with Crippen molar-refractivity contribution in [3.05, 3.63) is 23.8 Å². The molecule has 2 N–H and O–H groups in total. The molecule has 0 atom stereocenters. The number of carbonyl (C=O) groups is 2. The topological polar surface area (TPSA) is 58.2 Å². The van der Waals surface area contributed by atoms with Crippen LogP contribution >= 0.6 is 0 Å². The molecule has 0 spiro atoms. The molecule has 12 heavy (non-hydrogen) atoms. The highest BCUT2D eigenvalue weighted by Gasteiger charge is 2.16. The van der Waals surface area contributed by atoms with E-state index < -0.39 is 0 Å². The van der Waals surface area contributed by atoms with Crippen molar-refractivity contribution in [3.8, 4) is 0 Å². The summed E-state index contributed by atoms with van der Waals surface area (Å²) in [4.78, 5) is 22.0. The van der Waals surface area contributed by atoms with Gasteiger partial charge in [0.2, 0.25) is 0 Å². The molecule has 0 saturated carbocycles. The minimum absolute atomic E-state index is 0.181. The lowest BCUT2D eigenvalue weighted by Gasteiger charge is -2.04. The number of hydrogen-bond donors (Lipinski definition) is 2. The maximum atomic E-state index is 11.0. The zero-order chi connectivity index (χ0) is 9.14. The second-order valence-electron chi connectivity index (χ2n) is 2.48. The van der Waals surface area contributed by atoms with Crippen molar-refractivity contribution in [1.29, 1.82) is 0 Å². The molecule has 1 aliphatic heterocycles. The summed E-state index contributed by atoms with van der Waals surface area (Å²) in [5, 5.41) is 5.53. The van der Waals surface area contributed by atoms with Crippen molar-refractivity contribution in [3.63, 3.8) is 0 Å². The first-order chi connectivity index (χ1) is 5.63. The number of ketones is 2. The van der Waals surface area contributed by atoms with Gasteiger partial charge in [0.05, 0.1) is 0 Å². The quantitative estimate of drug-likeness (QED) is 0.345. The molecule has 0 saturated heterocycles. The Labute approximate surface area is 70.3 Å². The van der Waals surface area contributed by atoms with E-state index >= 15 is 0 Å². The standard InChI is InChI=1S/C8H10N2O2/c1-5(11)7(6(2)12)8-9-3-4-10-8/h3-4,9-10H,1-2H3. The van der Waals surface area contributed by atoms with Crippen LogP contribution in [0.3, 0.4) is 0 Å². The molecule has 0 aromatic rings. The number of allylic oxidation sites excluding steroid dienone is 1. The van der Waals surface area contributed by atoms with Gasteiger partial charge < -0.3 is 10.6 Å². The number of Topliss-reactive ketones (excluding diaryl/α,β-unsaturated/α-hetero) is 2. The largest absolute Gasteiger partial charge is 0.346 e. The molecule has 0 aromatic heterocycles. The third kappa shape index (κ3) is 1.53. The van der Waals surface area contributed by atoms with Gasteiger partial charge in [-0.25, -0.2) is 0 Å². The van der Waals surface area contributed by atoms with E-state index in [0.717, 1.165) is 0 Å². The molecule has 1 aliphatic rings. The van der Waals surface area contributed by atoms with Gasteiger partial charge >= 0.3 is 0 Å². The highest BCUT2D eigenvalue weighted by molar-refractivity contribution is 6.19. The van der Waals surface area contributed by atoms with Gasteiger partial charge in [-0.05, 0) is 13.8 Å². The Hall–Kier alpha value is -1.58. The molecule has 4 nitrogen and oxygen atoms in total. The predicted octanol–water partition coefficient (Wildman–Crippen LogP) is 0.0400. The Morgan fingerprint density at radius 2 is 1.50 bits per heavy atom. The first kappa shape index (κ1) is 8.52. The van der Waals surface area contributed by atoms with Crippen LogP contribution in [-0.2, 0) is 9.59 Å². The van der Waals surface area contributed by atoms with Crippen LogP contribution in [0.1, 0.15) is 13.8 Å². The molecular weight excluding hydrogens is 156 g/mol. The molecule has 0 aliphatic carbocycles. The summed E-state index contributed by atoms with van der Waals surface area (Å²) in [5.74, 6) is -0.00241. The van der Waals surface area contributed by atoms with E-state index in [9.17, 15) is 9.59 Å². The van der Waals surface area contributed by atoms with Crippen molar-refractivity contribution < 1.29 is 9.59 Å². The van der Waals surface area contributed by atoms with Gasteiger partial charge in [0.25, 0.3) is 0 Å². The summed E-state index contributed by atoms with van der Waals surface area (Å²) in [6.45, 7) is 2.73. The molecule has 64 valence electrons. The Bertz CT molecular complexity index is 263. The van der Waals surface area contributed by atoms with E-state index in [2.05, 4.69) is 10.6 Å². The van der Waals surface area contributed by atoms with Gasteiger partial charge in [0, 0.05) is 12.4 Å². The van der Waals surface area contributed by atoms with Crippen LogP contribution in [0.25, 0.3) is 0 Å². The van der Waals surface area contributed by atoms with E-state index in [1.54, 1.807) is 12.4 Å². The SMILES string of the molecule is CC(=O)C(C(C)=O)=C1NC=CN1. The molecule has 0 aromatic carbocycles. The van der Waals surface area contributed by atoms with E-state index in [1.165, 1.54) is 13.8 Å². The van der Waals surface area contributed by atoms with Gasteiger partial charge in [0.15, 0.2) is 11.6 Å².